The number of carboxylic acids is 2. The van der Waals surface area contributed by atoms with Crippen LogP contribution in [0.3, 0.4) is 0 Å². The molecule has 0 radical (unpaired) electrons. The van der Waals surface area contributed by atoms with Gasteiger partial charge >= 0.3 is 11.9 Å². The lowest BCUT2D eigenvalue weighted by molar-refractivity contribution is -0.145. The minimum absolute atomic E-state index is 0.126. The Kier molecular flexibility index (Phi) is 5.72. The number of nitrogens with one attached hydrogen (secondary N) is 2. The van der Waals surface area contributed by atoms with E-state index in [2.05, 4.69) is 10.3 Å². The molecule has 27 heavy (non-hydrogen) atoms. The van der Waals surface area contributed by atoms with Crippen molar-refractivity contribution in [3.8, 4) is 0 Å². The fraction of sp³-hybridized carbons (Fsp3) is 0.389. The average Bonchev–Trinajstić information content (AvgIpc) is 3.04. The monoisotopic (exact) mass is 375 g/mol. The van der Waals surface area contributed by atoms with E-state index in [0.29, 0.717) is 42.9 Å². The molecule has 0 spiro atoms. The number of hydrogen-bond acceptors (Lipinski definition) is 5. The summed E-state index contributed by atoms with van der Waals surface area (Å²) >= 11 is 0. The van der Waals surface area contributed by atoms with Gasteiger partial charge in [0.05, 0.1) is 19.6 Å². The number of fused-ring (bicyclic) bond motifs is 1. The lowest BCUT2D eigenvalue weighted by atomic mass is 10.0. The molecule has 1 aromatic carbocycles. The minimum atomic E-state index is -1.04. The third kappa shape index (κ3) is 4.44. The maximum Gasteiger partial charge on any atom is 0.325 e. The van der Waals surface area contributed by atoms with Crippen LogP contribution in [0.25, 0.3) is 10.9 Å². The summed E-state index contributed by atoms with van der Waals surface area (Å²) in [5.41, 5.74) is 1.86. The van der Waals surface area contributed by atoms with Crippen LogP contribution in [0, 0.1) is 0 Å². The number of hydrogen-bond donors (Lipinski definition) is 4. The van der Waals surface area contributed by atoms with E-state index in [9.17, 15) is 19.5 Å². The second-order valence-electron chi connectivity index (χ2n) is 6.34. The molecule has 3 rings (SSSR count). The summed E-state index contributed by atoms with van der Waals surface area (Å²) in [6.07, 6.45) is 1.30. The summed E-state index contributed by atoms with van der Waals surface area (Å²) in [6, 6.07) is 4.33. The van der Waals surface area contributed by atoms with Gasteiger partial charge < -0.3 is 25.3 Å². The van der Waals surface area contributed by atoms with Gasteiger partial charge in [-0.05, 0) is 18.2 Å². The maximum atomic E-state index is 11.9. The smallest absolute Gasteiger partial charge is 0.325 e. The van der Waals surface area contributed by atoms with E-state index >= 15 is 0 Å². The first-order chi connectivity index (χ1) is 13.0. The number of benzene rings is 1. The molecule has 9 heteroatoms. The molecule has 144 valence electrons. The molecule has 9 nitrogen and oxygen atoms in total. The Morgan fingerprint density at radius 1 is 1.19 bits per heavy atom. The van der Waals surface area contributed by atoms with Gasteiger partial charge in [-0.3, -0.25) is 19.3 Å². The zero-order valence-electron chi connectivity index (χ0n) is 14.6. The third-order valence-electron chi connectivity index (χ3n) is 4.50. The Hall–Kier alpha value is -2.91. The number of aliphatic carboxylic acids is 2. The van der Waals surface area contributed by atoms with Crippen LogP contribution in [0.5, 0.6) is 0 Å². The van der Waals surface area contributed by atoms with Crippen LogP contribution in [0.15, 0.2) is 24.4 Å². The quantitative estimate of drug-likeness (QED) is 0.575. The van der Waals surface area contributed by atoms with Gasteiger partial charge in [-0.1, -0.05) is 0 Å². The predicted octanol–water partition coefficient (Wildman–Crippen LogP) is 1.43. The number of nitrogens with zero attached hydrogens (tertiary/aromatic N) is 1. The molecule has 1 saturated heterocycles. The number of anilines is 1. The highest BCUT2D eigenvalue weighted by molar-refractivity contribution is 5.96. The molecule has 1 fully saturated rings. The van der Waals surface area contributed by atoms with Crippen molar-refractivity contribution in [3.05, 3.63) is 30.0 Å². The molecule has 4 N–H and O–H groups in total. The molecule has 1 aliphatic heterocycles. The number of aromatic amines is 1. The molecule has 0 bridgehead atoms. The van der Waals surface area contributed by atoms with Gasteiger partial charge in [-0.2, -0.15) is 0 Å². The fourth-order valence-corrected chi connectivity index (χ4v) is 3.21. The highest BCUT2D eigenvalue weighted by atomic mass is 16.5. The first kappa shape index (κ1) is 18.9. The first-order valence-corrected chi connectivity index (χ1v) is 8.63. The highest BCUT2D eigenvalue weighted by Gasteiger charge is 2.30. The van der Waals surface area contributed by atoms with E-state index in [-0.39, 0.29) is 12.8 Å². The number of carboxylic acid groups (broad SMARTS) is 2. The van der Waals surface area contributed by atoms with Crippen LogP contribution in [-0.4, -0.2) is 64.2 Å². The van der Waals surface area contributed by atoms with Crippen molar-refractivity contribution in [3.63, 3.8) is 0 Å². The number of H-pyrrole nitrogens is 1. The molecule has 0 unspecified atom stereocenters. The molecule has 1 atom stereocenters. The Morgan fingerprint density at radius 2 is 1.93 bits per heavy atom. The Bertz CT molecular complexity index is 856. The largest absolute Gasteiger partial charge is 0.481 e. The number of rotatable bonds is 7. The van der Waals surface area contributed by atoms with Crippen molar-refractivity contribution >= 4 is 34.4 Å². The highest BCUT2D eigenvalue weighted by Crippen LogP contribution is 2.31. The zero-order valence-corrected chi connectivity index (χ0v) is 14.6. The SMILES string of the molecule is O=C(O)CCC(=O)Nc1ccc2[nH]cc([C@@H](C(=O)O)N3CCOCC3)c2c1. The summed E-state index contributed by atoms with van der Waals surface area (Å²) in [5.74, 6) is -2.39. The van der Waals surface area contributed by atoms with Crippen molar-refractivity contribution in [2.24, 2.45) is 0 Å². The standard InChI is InChI=1S/C18H21N3O6/c22-15(3-4-16(23)24)20-11-1-2-14-12(9-11)13(10-19-14)17(18(25)26)21-5-7-27-8-6-21/h1-2,9-10,17,19H,3-8H2,(H,20,22)(H,23,24)(H,25,26)/t17-/m0/s1. The van der Waals surface area contributed by atoms with E-state index < -0.39 is 23.9 Å². The van der Waals surface area contributed by atoms with Crippen molar-refractivity contribution in [1.29, 1.82) is 0 Å². The Morgan fingerprint density at radius 3 is 2.59 bits per heavy atom. The van der Waals surface area contributed by atoms with Crippen molar-refractivity contribution in [2.45, 2.75) is 18.9 Å². The number of amides is 1. The van der Waals surface area contributed by atoms with Crippen LogP contribution in [0.2, 0.25) is 0 Å². The Balaban J connectivity index is 1.86. The summed E-state index contributed by atoms with van der Waals surface area (Å²) < 4.78 is 5.31. The van der Waals surface area contributed by atoms with Gasteiger partial charge in [-0.15, -0.1) is 0 Å². The number of carbonyl (C=O) groups is 3. The molecule has 0 aliphatic carbocycles. The normalized spacial score (nSPS) is 16.1. The Labute approximate surface area is 154 Å². The fourth-order valence-electron chi connectivity index (χ4n) is 3.21. The minimum Gasteiger partial charge on any atom is -0.481 e. The summed E-state index contributed by atoms with van der Waals surface area (Å²) in [6.45, 7) is 2.01. The lowest BCUT2D eigenvalue weighted by Gasteiger charge is -2.31. The predicted molar refractivity (Wildman–Crippen MR) is 96.6 cm³/mol. The van der Waals surface area contributed by atoms with E-state index in [1.54, 1.807) is 24.4 Å². The maximum absolute atomic E-state index is 11.9. The third-order valence-corrected chi connectivity index (χ3v) is 4.50. The summed E-state index contributed by atoms with van der Waals surface area (Å²) in [4.78, 5) is 39.3. The molecular weight excluding hydrogens is 354 g/mol. The van der Waals surface area contributed by atoms with Crippen molar-refractivity contribution < 1.29 is 29.3 Å². The first-order valence-electron chi connectivity index (χ1n) is 8.63. The van der Waals surface area contributed by atoms with Gasteiger partial charge in [-0.25, -0.2) is 0 Å². The van der Waals surface area contributed by atoms with E-state index in [4.69, 9.17) is 9.84 Å². The second-order valence-corrected chi connectivity index (χ2v) is 6.34. The van der Waals surface area contributed by atoms with Gasteiger partial charge in [0, 0.05) is 47.9 Å². The summed E-state index contributed by atoms with van der Waals surface area (Å²) in [7, 11) is 0. The topological polar surface area (TPSA) is 132 Å². The van der Waals surface area contributed by atoms with Crippen LogP contribution < -0.4 is 5.32 Å². The molecule has 2 heterocycles. The summed E-state index contributed by atoms with van der Waals surface area (Å²) in [5, 5.41) is 21.8. The average molecular weight is 375 g/mol. The van der Waals surface area contributed by atoms with Gasteiger partial charge in [0.15, 0.2) is 0 Å². The van der Waals surface area contributed by atoms with Gasteiger partial charge in [0.1, 0.15) is 6.04 Å². The van der Waals surface area contributed by atoms with Crippen molar-refractivity contribution in [1.82, 2.24) is 9.88 Å². The molecule has 1 aliphatic rings. The molecule has 1 amide bonds. The number of carbonyl (C=O) groups excluding carboxylic acids is 1. The van der Waals surface area contributed by atoms with Gasteiger partial charge in [0.2, 0.25) is 5.91 Å². The van der Waals surface area contributed by atoms with Gasteiger partial charge in [0.25, 0.3) is 0 Å². The van der Waals surface area contributed by atoms with E-state index in [1.807, 2.05) is 4.90 Å². The van der Waals surface area contributed by atoms with Crippen LogP contribution in [0.4, 0.5) is 5.69 Å². The zero-order chi connectivity index (χ0) is 19.4. The molecule has 0 saturated carbocycles. The van der Waals surface area contributed by atoms with Crippen LogP contribution >= 0.6 is 0 Å². The number of morpholine rings is 1. The molecular formula is C18H21N3O6. The van der Waals surface area contributed by atoms with Crippen LogP contribution in [-0.2, 0) is 19.1 Å². The van der Waals surface area contributed by atoms with E-state index in [1.165, 1.54) is 0 Å². The molecule has 2 aromatic rings. The second kappa shape index (κ2) is 8.19. The number of aromatic nitrogens is 1. The number of ether oxygens (including phenoxy) is 1. The van der Waals surface area contributed by atoms with E-state index in [0.717, 1.165) is 5.52 Å². The van der Waals surface area contributed by atoms with Crippen LogP contribution in [0.1, 0.15) is 24.4 Å². The molecule has 1 aromatic heterocycles. The lowest BCUT2D eigenvalue weighted by Crippen LogP contribution is -2.42. The van der Waals surface area contributed by atoms with Crippen molar-refractivity contribution in [2.75, 3.05) is 31.6 Å².